The predicted octanol–water partition coefficient (Wildman–Crippen LogP) is 1.67. The third kappa shape index (κ3) is 5.63. The molecule has 0 atom stereocenters. The molecule has 0 spiro atoms. The normalized spacial score (nSPS) is 17.6. The van der Waals surface area contributed by atoms with Gasteiger partial charge in [0.15, 0.2) is 0 Å². The standard InChI is InChI=1S/C24H30N4O6S/c1-26-17-19(23(30)27-10-4-2-3-5-11-27)16-21(24(26)31)25-22(29)18-6-8-20(9-7-18)35(32,33)28-12-14-34-15-13-28/h6-9,16-17H,2-5,10-15H2,1H3,(H,25,29). The van der Waals surface area contributed by atoms with Crippen LogP contribution in [0.5, 0.6) is 0 Å². The summed E-state index contributed by atoms with van der Waals surface area (Å²) < 4.78 is 33.4. The number of morpholine rings is 1. The van der Waals surface area contributed by atoms with Crippen molar-refractivity contribution in [3.63, 3.8) is 0 Å². The second kappa shape index (κ2) is 10.7. The van der Waals surface area contributed by atoms with Gasteiger partial charge in [0.05, 0.1) is 23.7 Å². The van der Waals surface area contributed by atoms with Gasteiger partial charge in [-0.1, -0.05) is 12.8 Å². The molecule has 1 aromatic heterocycles. The van der Waals surface area contributed by atoms with Crippen LogP contribution in [0.2, 0.25) is 0 Å². The molecule has 35 heavy (non-hydrogen) atoms. The summed E-state index contributed by atoms with van der Waals surface area (Å²) in [6.07, 6.45) is 5.54. The van der Waals surface area contributed by atoms with Crippen LogP contribution in [-0.4, -0.2) is 73.4 Å². The highest BCUT2D eigenvalue weighted by atomic mass is 32.2. The summed E-state index contributed by atoms with van der Waals surface area (Å²) in [5.41, 5.74) is 0.0638. The first kappa shape index (κ1) is 25.1. The van der Waals surface area contributed by atoms with E-state index in [1.807, 2.05) is 0 Å². The molecule has 2 saturated heterocycles. The van der Waals surface area contributed by atoms with E-state index in [0.717, 1.165) is 25.7 Å². The first-order chi connectivity index (χ1) is 16.8. The number of carbonyl (C=O) groups is 2. The highest BCUT2D eigenvalue weighted by molar-refractivity contribution is 7.89. The topological polar surface area (TPSA) is 118 Å². The minimum absolute atomic E-state index is 0.0109. The van der Waals surface area contributed by atoms with Gasteiger partial charge in [-0.05, 0) is 43.2 Å². The largest absolute Gasteiger partial charge is 0.379 e. The molecule has 0 saturated carbocycles. The Balaban J connectivity index is 1.51. The van der Waals surface area contributed by atoms with E-state index < -0.39 is 21.5 Å². The van der Waals surface area contributed by atoms with Crippen molar-refractivity contribution in [1.82, 2.24) is 13.8 Å². The first-order valence-corrected chi connectivity index (χ1v) is 13.2. The van der Waals surface area contributed by atoms with Crippen molar-refractivity contribution in [2.45, 2.75) is 30.6 Å². The van der Waals surface area contributed by atoms with Gasteiger partial charge in [0.2, 0.25) is 10.0 Å². The molecule has 0 bridgehead atoms. The number of aryl methyl sites for hydroxylation is 1. The maximum atomic E-state index is 13.0. The second-order valence-corrected chi connectivity index (χ2v) is 10.7. The minimum Gasteiger partial charge on any atom is -0.379 e. The number of ether oxygens (including phenoxy) is 1. The van der Waals surface area contributed by atoms with Crippen molar-refractivity contribution < 1.29 is 22.7 Å². The summed E-state index contributed by atoms with van der Waals surface area (Å²) in [6, 6.07) is 6.96. The molecule has 0 aliphatic carbocycles. The van der Waals surface area contributed by atoms with Crippen LogP contribution in [-0.2, 0) is 21.8 Å². The summed E-state index contributed by atoms with van der Waals surface area (Å²) in [5.74, 6) is -0.743. The van der Waals surface area contributed by atoms with E-state index in [4.69, 9.17) is 4.74 Å². The van der Waals surface area contributed by atoms with Crippen molar-refractivity contribution in [3.05, 3.63) is 58.0 Å². The van der Waals surface area contributed by atoms with Crippen molar-refractivity contribution in [2.75, 3.05) is 44.7 Å². The number of amides is 2. The van der Waals surface area contributed by atoms with Gasteiger partial charge in [-0.25, -0.2) is 8.42 Å². The lowest BCUT2D eigenvalue weighted by Crippen LogP contribution is -2.40. The molecular weight excluding hydrogens is 472 g/mol. The third-order valence-electron chi connectivity index (χ3n) is 6.30. The fourth-order valence-corrected chi connectivity index (χ4v) is 5.69. The fourth-order valence-electron chi connectivity index (χ4n) is 4.28. The molecule has 1 aromatic carbocycles. The van der Waals surface area contributed by atoms with Gasteiger partial charge in [-0.3, -0.25) is 14.4 Å². The van der Waals surface area contributed by atoms with E-state index in [1.165, 1.54) is 52.4 Å². The zero-order valence-corrected chi connectivity index (χ0v) is 20.6. The molecule has 0 radical (unpaired) electrons. The van der Waals surface area contributed by atoms with Gasteiger partial charge >= 0.3 is 0 Å². The summed E-state index contributed by atoms with van der Waals surface area (Å²) in [5, 5.41) is 2.58. The minimum atomic E-state index is -3.68. The van der Waals surface area contributed by atoms with Gasteiger partial charge in [0.25, 0.3) is 17.4 Å². The monoisotopic (exact) mass is 502 g/mol. The molecule has 3 heterocycles. The molecule has 2 aliphatic rings. The average molecular weight is 503 g/mol. The van der Waals surface area contributed by atoms with Gasteiger partial charge in [0, 0.05) is 45.0 Å². The Kier molecular flexibility index (Phi) is 7.68. The van der Waals surface area contributed by atoms with E-state index in [0.29, 0.717) is 31.9 Å². The summed E-state index contributed by atoms with van der Waals surface area (Å²) >= 11 is 0. The van der Waals surface area contributed by atoms with Crippen molar-refractivity contribution >= 4 is 27.5 Å². The second-order valence-electron chi connectivity index (χ2n) is 8.76. The lowest BCUT2D eigenvalue weighted by molar-refractivity contribution is 0.0730. The zero-order chi connectivity index (χ0) is 25.0. The Labute approximate surface area is 204 Å². The number of sulfonamides is 1. The van der Waals surface area contributed by atoms with E-state index in [2.05, 4.69) is 5.32 Å². The Hall–Kier alpha value is -3.02. The average Bonchev–Trinajstić information content (AvgIpc) is 3.16. The van der Waals surface area contributed by atoms with Crippen molar-refractivity contribution in [1.29, 1.82) is 0 Å². The van der Waals surface area contributed by atoms with Crippen LogP contribution < -0.4 is 10.9 Å². The Morgan fingerprint density at radius 3 is 2.17 bits per heavy atom. The Morgan fingerprint density at radius 2 is 1.54 bits per heavy atom. The van der Waals surface area contributed by atoms with E-state index in [1.54, 1.807) is 4.90 Å². The number of aromatic nitrogens is 1. The number of pyridine rings is 1. The molecule has 11 heteroatoms. The van der Waals surface area contributed by atoms with Gasteiger partial charge in [0.1, 0.15) is 5.69 Å². The molecule has 1 N–H and O–H groups in total. The molecular formula is C24H30N4O6S. The quantitative estimate of drug-likeness (QED) is 0.665. The number of carbonyl (C=O) groups excluding carboxylic acids is 2. The maximum absolute atomic E-state index is 13.0. The molecule has 188 valence electrons. The van der Waals surface area contributed by atoms with Crippen LogP contribution in [0, 0.1) is 0 Å². The maximum Gasteiger partial charge on any atom is 0.274 e. The smallest absolute Gasteiger partial charge is 0.274 e. The number of benzene rings is 1. The SMILES string of the molecule is Cn1cc(C(=O)N2CCCCCC2)cc(NC(=O)c2ccc(S(=O)(=O)N3CCOCC3)cc2)c1=O. The predicted molar refractivity (Wildman–Crippen MR) is 130 cm³/mol. The summed E-state index contributed by atoms with van der Waals surface area (Å²) in [7, 11) is -2.15. The van der Waals surface area contributed by atoms with Gasteiger partial charge in [-0.15, -0.1) is 0 Å². The number of nitrogens with one attached hydrogen (secondary N) is 1. The highest BCUT2D eigenvalue weighted by Crippen LogP contribution is 2.19. The molecule has 0 unspecified atom stereocenters. The summed E-state index contributed by atoms with van der Waals surface area (Å²) in [4.78, 5) is 40.3. The van der Waals surface area contributed by atoms with E-state index >= 15 is 0 Å². The molecule has 10 nitrogen and oxygen atoms in total. The van der Waals surface area contributed by atoms with Gasteiger partial charge in [-0.2, -0.15) is 4.31 Å². The number of rotatable bonds is 5. The summed E-state index contributed by atoms with van der Waals surface area (Å²) in [6.45, 7) is 2.58. The zero-order valence-electron chi connectivity index (χ0n) is 19.7. The van der Waals surface area contributed by atoms with Crippen LogP contribution in [0.3, 0.4) is 0 Å². The molecule has 2 fully saturated rings. The van der Waals surface area contributed by atoms with Crippen molar-refractivity contribution in [3.8, 4) is 0 Å². The highest BCUT2D eigenvalue weighted by Gasteiger charge is 2.26. The third-order valence-corrected chi connectivity index (χ3v) is 8.21. The fraction of sp³-hybridized carbons (Fsp3) is 0.458. The van der Waals surface area contributed by atoms with Crippen LogP contribution in [0.4, 0.5) is 5.69 Å². The number of hydrogen-bond acceptors (Lipinski definition) is 6. The molecule has 2 aromatic rings. The van der Waals surface area contributed by atoms with Crippen molar-refractivity contribution in [2.24, 2.45) is 7.05 Å². The van der Waals surface area contributed by atoms with Crippen LogP contribution in [0.15, 0.2) is 46.2 Å². The lowest BCUT2D eigenvalue weighted by atomic mass is 10.2. The van der Waals surface area contributed by atoms with E-state index in [-0.39, 0.29) is 35.1 Å². The first-order valence-electron chi connectivity index (χ1n) is 11.8. The number of anilines is 1. The Bertz CT molecular complexity index is 1240. The van der Waals surface area contributed by atoms with Crippen LogP contribution >= 0.6 is 0 Å². The van der Waals surface area contributed by atoms with Gasteiger partial charge < -0.3 is 19.5 Å². The lowest BCUT2D eigenvalue weighted by Gasteiger charge is -2.26. The number of likely N-dealkylation sites (tertiary alicyclic amines) is 1. The number of nitrogens with zero attached hydrogens (tertiary/aromatic N) is 3. The van der Waals surface area contributed by atoms with E-state index in [9.17, 15) is 22.8 Å². The van der Waals surface area contributed by atoms with Crippen LogP contribution in [0.25, 0.3) is 0 Å². The Morgan fingerprint density at radius 1 is 0.914 bits per heavy atom. The molecule has 2 aliphatic heterocycles. The van der Waals surface area contributed by atoms with Crippen LogP contribution in [0.1, 0.15) is 46.4 Å². The molecule has 2 amide bonds. The molecule has 4 rings (SSSR count). The number of hydrogen-bond donors (Lipinski definition) is 1.